The van der Waals surface area contributed by atoms with Crippen LogP contribution >= 0.6 is 11.6 Å². The Hall–Kier alpha value is -1.22. The summed E-state index contributed by atoms with van der Waals surface area (Å²) in [4.78, 5) is 0. The van der Waals surface area contributed by atoms with Crippen molar-refractivity contribution in [2.75, 3.05) is 5.73 Å². The molecule has 0 saturated carbocycles. The van der Waals surface area contributed by atoms with Crippen LogP contribution in [-0.2, 0) is 0 Å². The molecule has 0 aromatic carbocycles. The molecule has 0 bridgehead atoms. The van der Waals surface area contributed by atoms with Crippen LogP contribution in [0.25, 0.3) is 5.52 Å². The van der Waals surface area contributed by atoms with E-state index in [1.165, 1.54) is 0 Å². The molecule has 3 nitrogen and oxygen atoms in total. The van der Waals surface area contributed by atoms with Gasteiger partial charge in [-0.3, -0.25) is 0 Å². The van der Waals surface area contributed by atoms with Crippen LogP contribution in [0.4, 0.5) is 5.82 Å². The first-order valence-corrected chi connectivity index (χ1v) is 3.54. The Morgan fingerprint density at radius 1 is 1.45 bits per heavy atom. The summed E-state index contributed by atoms with van der Waals surface area (Å²) < 4.78 is 1.68. The van der Waals surface area contributed by atoms with Crippen molar-refractivity contribution in [1.29, 1.82) is 0 Å². The number of pyridine rings is 1. The Bertz CT molecular complexity index is 393. The molecule has 0 radical (unpaired) electrons. The minimum atomic E-state index is 0.507. The highest BCUT2D eigenvalue weighted by Gasteiger charge is 1.96. The third-order valence-corrected chi connectivity index (χ3v) is 1.68. The van der Waals surface area contributed by atoms with E-state index in [4.69, 9.17) is 17.3 Å². The molecule has 0 fully saturated rings. The quantitative estimate of drug-likeness (QED) is 0.647. The molecule has 0 aliphatic rings. The third-order valence-electron chi connectivity index (χ3n) is 1.44. The molecule has 0 unspecified atom stereocenters. The molecule has 2 rings (SSSR count). The van der Waals surface area contributed by atoms with Crippen molar-refractivity contribution in [3.63, 3.8) is 0 Å². The normalized spacial score (nSPS) is 10.6. The lowest BCUT2D eigenvalue weighted by Crippen LogP contribution is -1.87. The maximum absolute atomic E-state index is 5.75. The molecule has 0 amide bonds. The topological polar surface area (TPSA) is 43.3 Å². The monoisotopic (exact) mass is 167 g/mol. The second-order valence-corrected chi connectivity index (χ2v) is 2.72. The fourth-order valence-corrected chi connectivity index (χ4v) is 1.16. The van der Waals surface area contributed by atoms with E-state index in [-0.39, 0.29) is 0 Å². The number of nitrogens with two attached hydrogens (primary N) is 1. The Morgan fingerprint density at radius 2 is 2.27 bits per heavy atom. The predicted octanol–water partition coefficient (Wildman–Crippen LogP) is 1.57. The van der Waals surface area contributed by atoms with Crippen molar-refractivity contribution in [2.24, 2.45) is 0 Å². The van der Waals surface area contributed by atoms with E-state index in [1.54, 1.807) is 22.8 Å². The highest BCUT2D eigenvalue weighted by Crippen LogP contribution is 2.13. The second-order valence-electron chi connectivity index (χ2n) is 2.28. The van der Waals surface area contributed by atoms with Gasteiger partial charge in [0.1, 0.15) is 5.82 Å². The van der Waals surface area contributed by atoms with Gasteiger partial charge in [0, 0.05) is 17.3 Å². The van der Waals surface area contributed by atoms with Gasteiger partial charge in [0.2, 0.25) is 0 Å². The average Bonchev–Trinajstić information content (AvgIpc) is 2.27. The first-order valence-electron chi connectivity index (χ1n) is 3.16. The third kappa shape index (κ3) is 1.03. The number of hydrogen-bond acceptors (Lipinski definition) is 2. The maximum atomic E-state index is 5.75. The highest BCUT2D eigenvalue weighted by molar-refractivity contribution is 6.30. The molecule has 2 N–H and O–H groups in total. The average molecular weight is 168 g/mol. The van der Waals surface area contributed by atoms with Crippen molar-refractivity contribution >= 4 is 22.9 Å². The van der Waals surface area contributed by atoms with E-state index in [9.17, 15) is 0 Å². The van der Waals surface area contributed by atoms with Gasteiger partial charge < -0.3 is 5.73 Å². The Kier molecular flexibility index (Phi) is 1.26. The molecule has 11 heavy (non-hydrogen) atoms. The van der Waals surface area contributed by atoms with E-state index in [0.29, 0.717) is 10.8 Å². The number of nitrogens with zero attached hydrogens (tertiary/aromatic N) is 2. The lowest BCUT2D eigenvalue weighted by molar-refractivity contribution is 0.968. The molecule has 2 aromatic heterocycles. The van der Waals surface area contributed by atoms with Crippen LogP contribution in [0.3, 0.4) is 0 Å². The van der Waals surface area contributed by atoms with Gasteiger partial charge in [-0.15, -0.1) is 0 Å². The van der Waals surface area contributed by atoms with Gasteiger partial charge in [0.05, 0.1) is 5.52 Å². The van der Waals surface area contributed by atoms with Gasteiger partial charge in [0.25, 0.3) is 0 Å². The Balaban J connectivity index is 2.82. The van der Waals surface area contributed by atoms with Gasteiger partial charge in [0.15, 0.2) is 0 Å². The van der Waals surface area contributed by atoms with Gasteiger partial charge in [-0.25, -0.2) is 4.52 Å². The first-order chi connectivity index (χ1) is 5.25. The van der Waals surface area contributed by atoms with Crippen LogP contribution in [-0.4, -0.2) is 9.61 Å². The number of aromatic nitrogens is 2. The molecule has 2 heterocycles. The van der Waals surface area contributed by atoms with E-state index >= 15 is 0 Å². The molecule has 0 saturated heterocycles. The Morgan fingerprint density at radius 3 is 3.09 bits per heavy atom. The number of hydrogen-bond donors (Lipinski definition) is 1. The minimum absolute atomic E-state index is 0.507. The number of anilines is 1. The van der Waals surface area contributed by atoms with Crippen LogP contribution in [0.1, 0.15) is 0 Å². The Labute approximate surface area is 68.4 Å². The van der Waals surface area contributed by atoms with Gasteiger partial charge >= 0.3 is 0 Å². The summed E-state index contributed by atoms with van der Waals surface area (Å²) in [6.07, 6.45) is 1.77. The van der Waals surface area contributed by atoms with Crippen molar-refractivity contribution in [3.8, 4) is 0 Å². The summed E-state index contributed by atoms with van der Waals surface area (Å²) in [6, 6.07) is 5.35. The number of rotatable bonds is 0. The fourth-order valence-electron chi connectivity index (χ4n) is 0.987. The summed E-state index contributed by atoms with van der Waals surface area (Å²) in [7, 11) is 0. The number of nitrogen functional groups attached to an aromatic ring is 1. The second kappa shape index (κ2) is 2.13. The lowest BCUT2D eigenvalue weighted by Gasteiger charge is -1.90. The fraction of sp³-hybridized carbons (Fsp3) is 0. The van der Waals surface area contributed by atoms with Crippen molar-refractivity contribution in [3.05, 3.63) is 29.4 Å². The summed E-state index contributed by atoms with van der Waals surface area (Å²) in [5, 5.41) is 4.68. The van der Waals surface area contributed by atoms with Crippen molar-refractivity contribution in [1.82, 2.24) is 9.61 Å². The minimum Gasteiger partial charge on any atom is -0.382 e. The molecule has 56 valence electrons. The predicted molar refractivity (Wildman–Crippen MR) is 44.6 cm³/mol. The zero-order chi connectivity index (χ0) is 7.84. The van der Waals surface area contributed by atoms with Crippen molar-refractivity contribution < 1.29 is 0 Å². The lowest BCUT2D eigenvalue weighted by atomic mass is 10.4. The summed E-state index contributed by atoms with van der Waals surface area (Å²) >= 11 is 5.75. The molecule has 0 aliphatic heterocycles. The summed E-state index contributed by atoms with van der Waals surface area (Å²) in [6.45, 7) is 0. The van der Waals surface area contributed by atoms with E-state index in [2.05, 4.69) is 5.10 Å². The number of fused-ring (bicyclic) bond motifs is 1. The van der Waals surface area contributed by atoms with E-state index in [0.717, 1.165) is 5.52 Å². The zero-order valence-corrected chi connectivity index (χ0v) is 6.42. The van der Waals surface area contributed by atoms with Gasteiger partial charge in [-0.2, -0.15) is 5.10 Å². The van der Waals surface area contributed by atoms with Crippen molar-refractivity contribution in [2.45, 2.75) is 0 Å². The standard InChI is InChI=1S/C7H6ClN3/c8-5-1-2-11-6(3-5)4-7(9)10-11/h1-4H,(H2,9,10). The maximum Gasteiger partial charge on any atom is 0.146 e. The van der Waals surface area contributed by atoms with Gasteiger partial charge in [-0.05, 0) is 12.1 Å². The van der Waals surface area contributed by atoms with Crippen LogP contribution in [0.5, 0.6) is 0 Å². The first kappa shape index (κ1) is 6.49. The highest BCUT2D eigenvalue weighted by atomic mass is 35.5. The van der Waals surface area contributed by atoms with E-state index < -0.39 is 0 Å². The van der Waals surface area contributed by atoms with Gasteiger partial charge in [-0.1, -0.05) is 11.6 Å². The van der Waals surface area contributed by atoms with Crippen LogP contribution < -0.4 is 5.73 Å². The number of halogens is 1. The summed E-state index contributed by atoms with van der Waals surface area (Å²) in [5.41, 5.74) is 6.38. The SMILES string of the molecule is Nc1cc2cc(Cl)ccn2n1. The summed E-state index contributed by atoms with van der Waals surface area (Å²) in [5.74, 6) is 0.507. The molecular weight excluding hydrogens is 162 g/mol. The molecule has 0 spiro atoms. The molecule has 0 atom stereocenters. The van der Waals surface area contributed by atoms with Crippen LogP contribution in [0.2, 0.25) is 5.02 Å². The van der Waals surface area contributed by atoms with Crippen LogP contribution in [0.15, 0.2) is 24.4 Å². The molecule has 4 heteroatoms. The molecular formula is C7H6ClN3. The zero-order valence-electron chi connectivity index (χ0n) is 5.66. The van der Waals surface area contributed by atoms with E-state index in [1.807, 2.05) is 6.07 Å². The molecule has 0 aliphatic carbocycles. The molecule has 2 aromatic rings. The van der Waals surface area contributed by atoms with Crippen LogP contribution in [0, 0.1) is 0 Å². The smallest absolute Gasteiger partial charge is 0.146 e. The largest absolute Gasteiger partial charge is 0.382 e.